The first-order valence-corrected chi connectivity index (χ1v) is 8.00. The van der Waals surface area contributed by atoms with Crippen LogP contribution in [-0.2, 0) is 4.79 Å². The Balaban J connectivity index is 2.03. The monoisotopic (exact) mass is 337 g/mol. The Kier molecular flexibility index (Phi) is 3.39. The summed E-state index contributed by atoms with van der Waals surface area (Å²) in [6.07, 6.45) is 2.44. The highest BCUT2D eigenvalue weighted by molar-refractivity contribution is 7.23. The molecule has 2 aromatic heterocycles. The van der Waals surface area contributed by atoms with Gasteiger partial charge in [0.05, 0.1) is 27.6 Å². The number of benzene rings is 2. The molecule has 2 aromatic carbocycles. The summed E-state index contributed by atoms with van der Waals surface area (Å²) in [5.41, 5.74) is 2.88. The van der Waals surface area contributed by atoms with Crippen LogP contribution in [0.15, 0.2) is 54.6 Å². The second-order valence-corrected chi connectivity index (χ2v) is 6.20. The van der Waals surface area contributed by atoms with E-state index in [0.717, 1.165) is 26.8 Å². The Bertz CT molecular complexity index is 1090. The third kappa shape index (κ3) is 2.37. The number of hydrogen-bond acceptors (Lipinski definition) is 4. The van der Waals surface area contributed by atoms with Gasteiger partial charge in [0.1, 0.15) is 5.82 Å². The Morgan fingerprint density at radius 3 is 2.67 bits per heavy atom. The van der Waals surface area contributed by atoms with E-state index in [1.54, 1.807) is 12.1 Å². The van der Waals surface area contributed by atoms with Crippen LogP contribution in [0.2, 0.25) is 0 Å². The Morgan fingerprint density at radius 1 is 1.17 bits per heavy atom. The lowest BCUT2D eigenvalue weighted by Crippen LogP contribution is -2.18. The number of para-hydroxylation sites is 1. The van der Waals surface area contributed by atoms with E-state index in [0.29, 0.717) is 11.4 Å². The molecule has 0 bridgehead atoms. The lowest BCUT2D eigenvalue weighted by molar-refractivity contribution is -0.297. The molecule has 0 saturated carbocycles. The SMILES string of the molecule is O=C([O-])/C=C/c1c(-c2ccc(F)cc2)nc2sc3ccccc3n12. The van der Waals surface area contributed by atoms with Gasteiger partial charge in [-0.1, -0.05) is 23.5 Å². The number of rotatable bonds is 3. The van der Waals surface area contributed by atoms with Crippen molar-refractivity contribution in [2.75, 3.05) is 0 Å². The molecule has 0 amide bonds. The highest BCUT2D eigenvalue weighted by Crippen LogP contribution is 2.33. The van der Waals surface area contributed by atoms with Crippen molar-refractivity contribution in [2.24, 2.45) is 0 Å². The molecule has 4 nitrogen and oxygen atoms in total. The molecule has 24 heavy (non-hydrogen) atoms. The minimum absolute atomic E-state index is 0.336. The summed E-state index contributed by atoms with van der Waals surface area (Å²) in [5.74, 6) is -1.62. The van der Waals surface area contributed by atoms with Crippen LogP contribution < -0.4 is 5.11 Å². The molecule has 0 aliphatic carbocycles. The van der Waals surface area contributed by atoms with Gasteiger partial charge < -0.3 is 9.90 Å². The van der Waals surface area contributed by atoms with Gasteiger partial charge in [-0.15, -0.1) is 0 Å². The average molecular weight is 337 g/mol. The maximum Gasteiger partial charge on any atom is 0.195 e. The van der Waals surface area contributed by atoms with Crippen molar-refractivity contribution in [1.29, 1.82) is 0 Å². The molecule has 4 rings (SSSR count). The molecule has 4 aromatic rings. The van der Waals surface area contributed by atoms with Crippen LogP contribution in [0.4, 0.5) is 4.39 Å². The fourth-order valence-electron chi connectivity index (χ4n) is 2.66. The second kappa shape index (κ2) is 5.58. The molecule has 0 atom stereocenters. The van der Waals surface area contributed by atoms with E-state index in [-0.39, 0.29) is 5.82 Å². The number of carboxylic acids is 1. The van der Waals surface area contributed by atoms with Crippen molar-refractivity contribution in [3.8, 4) is 11.3 Å². The van der Waals surface area contributed by atoms with Crippen LogP contribution in [0.1, 0.15) is 5.69 Å². The number of nitrogens with zero attached hydrogens (tertiary/aromatic N) is 2. The Hall–Kier alpha value is -2.99. The van der Waals surface area contributed by atoms with Crippen molar-refractivity contribution >= 4 is 38.6 Å². The number of carbonyl (C=O) groups excluding carboxylic acids is 1. The number of carbonyl (C=O) groups is 1. The lowest BCUT2D eigenvalue weighted by atomic mass is 10.1. The summed E-state index contributed by atoms with van der Waals surface area (Å²) in [5, 5.41) is 10.9. The summed E-state index contributed by atoms with van der Waals surface area (Å²) in [7, 11) is 0. The smallest absolute Gasteiger partial charge is 0.195 e. The number of hydrogen-bond donors (Lipinski definition) is 0. The van der Waals surface area contributed by atoms with E-state index in [9.17, 15) is 14.3 Å². The average Bonchev–Trinajstić information content (AvgIpc) is 3.09. The number of fused-ring (bicyclic) bond motifs is 3. The summed E-state index contributed by atoms with van der Waals surface area (Å²) in [6.45, 7) is 0. The van der Waals surface area contributed by atoms with E-state index < -0.39 is 5.97 Å². The van der Waals surface area contributed by atoms with Crippen molar-refractivity contribution < 1.29 is 14.3 Å². The van der Waals surface area contributed by atoms with Crippen molar-refractivity contribution in [3.05, 3.63) is 66.1 Å². The number of imidazole rings is 1. The number of carboxylic acid groups (broad SMARTS) is 1. The van der Waals surface area contributed by atoms with Gasteiger partial charge in [-0.05, 0) is 48.6 Å². The quantitative estimate of drug-likeness (QED) is 0.540. The minimum Gasteiger partial charge on any atom is -0.545 e. The lowest BCUT2D eigenvalue weighted by Gasteiger charge is -2.02. The molecule has 0 radical (unpaired) electrons. The first kappa shape index (κ1) is 14.6. The van der Waals surface area contributed by atoms with Gasteiger partial charge >= 0.3 is 0 Å². The largest absolute Gasteiger partial charge is 0.545 e. The van der Waals surface area contributed by atoms with Gasteiger partial charge in [0, 0.05) is 5.56 Å². The van der Waals surface area contributed by atoms with E-state index in [1.165, 1.54) is 29.5 Å². The zero-order chi connectivity index (χ0) is 16.7. The van der Waals surface area contributed by atoms with Gasteiger partial charge in [0.2, 0.25) is 0 Å². The predicted molar refractivity (Wildman–Crippen MR) is 90.0 cm³/mol. The van der Waals surface area contributed by atoms with Crippen LogP contribution in [0.5, 0.6) is 0 Å². The van der Waals surface area contributed by atoms with E-state index in [1.807, 2.05) is 28.7 Å². The van der Waals surface area contributed by atoms with Crippen molar-refractivity contribution in [2.45, 2.75) is 0 Å². The third-order valence-electron chi connectivity index (χ3n) is 3.68. The highest BCUT2D eigenvalue weighted by Gasteiger charge is 2.16. The normalized spacial score (nSPS) is 11.7. The van der Waals surface area contributed by atoms with Crippen LogP contribution in [0.25, 0.3) is 32.5 Å². The van der Waals surface area contributed by atoms with Crippen LogP contribution in [0.3, 0.4) is 0 Å². The summed E-state index contributed by atoms with van der Waals surface area (Å²) in [4.78, 5) is 16.2. The number of thiazole rings is 1. The van der Waals surface area contributed by atoms with E-state index in [4.69, 9.17) is 0 Å². The van der Waals surface area contributed by atoms with E-state index in [2.05, 4.69) is 4.98 Å². The second-order valence-electron chi connectivity index (χ2n) is 5.19. The first-order valence-electron chi connectivity index (χ1n) is 7.18. The number of aliphatic carboxylic acids is 1. The molecular weight excluding hydrogens is 327 g/mol. The van der Waals surface area contributed by atoms with Crippen molar-refractivity contribution in [3.63, 3.8) is 0 Å². The first-order chi connectivity index (χ1) is 11.6. The minimum atomic E-state index is -1.28. The Morgan fingerprint density at radius 2 is 1.92 bits per heavy atom. The Labute approximate surface area is 140 Å². The number of halogens is 1. The molecule has 118 valence electrons. The molecule has 6 heteroatoms. The van der Waals surface area contributed by atoms with Gasteiger partial charge in [0.15, 0.2) is 4.96 Å². The van der Waals surface area contributed by atoms with Gasteiger partial charge in [0.25, 0.3) is 0 Å². The van der Waals surface area contributed by atoms with Crippen LogP contribution in [-0.4, -0.2) is 15.4 Å². The molecule has 0 fully saturated rings. The zero-order valence-electron chi connectivity index (χ0n) is 12.3. The molecular formula is C18H10FN2O2S-. The van der Waals surface area contributed by atoms with Crippen molar-refractivity contribution in [1.82, 2.24) is 9.38 Å². The zero-order valence-corrected chi connectivity index (χ0v) is 13.1. The standard InChI is InChI=1S/C18H11FN2O2S/c19-12-7-5-11(6-8-12)17-14(9-10-16(22)23)21-13-3-1-2-4-15(13)24-18(21)20-17/h1-10H,(H,22,23)/p-1/b10-9+. The van der Waals surface area contributed by atoms with Gasteiger partial charge in [-0.25, -0.2) is 9.37 Å². The fourth-order valence-corrected chi connectivity index (χ4v) is 3.69. The molecule has 0 aliphatic heterocycles. The van der Waals surface area contributed by atoms with E-state index >= 15 is 0 Å². The molecule has 0 unspecified atom stereocenters. The third-order valence-corrected chi connectivity index (χ3v) is 4.71. The molecule has 0 N–H and O–H groups in total. The fraction of sp³-hybridized carbons (Fsp3) is 0. The molecule has 0 aliphatic rings. The summed E-state index contributed by atoms with van der Waals surface area (Å²) < 4.78 is 16.1. The summed E-state index contributed by atoms with van der Waals surface area (Å²) in [6, 6.07) is 13.7. The summed E-state index contributed by atoms with van der Waals surface area (Å²) >= 11 is 1.51. The molecule has 0 spiro atoms. The van der Waals surface area contributed by atoms with Gasteiger partial charge in [-0.2, -0.15) is 0 Å². The topological polar surface area (TPSA) is 57.4 Å². The number of aromatic nitrogens is 2. The molecule has 2 heterocycles. The highest BCUT2D eigenvalue weighted by atomic mass is 32.1. The molecule has 0 saturated heterocycles. The maximum atomic E-state index is 13.2. The van der Waals surface area contributed by atoms with Gasteiger partial charge in [-0.3, -0.25) is 4.40 Å². The predicted octanol–water partition coefficient (Wildman–Crippen LogP) is 3.12. The van der Waals surface area contributed by atoms with Crippen LogP contribution >= 0.6 is 11.3 Å². The maximum absolute atomic E-state index is 13.2. The van der Waals surface area contributed by atoms with Crippen LogP contribution in [0, 0.1) is 5.82 Å².